The molecular formula is C15H25NO3S. The molecule has 0 fully saturated rings. The topological polar surface area (TPSA) is 47.6 Å². The highest BCUT2D eigenvalue weighted by Crippen LogP contribution is 2.27. The maximum atomic E-state index is 11.2. The third-order valence-electron chi connectivity index (χ3n) is 3.15. The molecule has 0 saturated carbocycles. The molecule has 2 atom stereocenters. The summed E-state index contributed by atoms with van der Waals surface area (Å²) < 4.78 is 22.1. The fourth-order valence-electron chi connectivity index (χ4n) is 1.80. The van der Waals surface area contributed by atoms with E-state index >= 15 is 0 Å². The zero-order valence-electron chi connectivity index (χ0n) is 12.8. The van der Waals surface area contributed by atoms with Crippen LogP contribution in [0.25, 0.3) is 0 Å². The van der Waals surface area contributed by atoms with Gasteiger partial charge in [0.05, 0.1) is 13.7 Å². The zero-order valence-corrected chi connectivity index (χ0v) is 13.6. The molecule has 0 aliphatic carbocycles. The van der Waals surface area contributed by atoms with E-state index in [4.69, 9.17) is 9.47 Å². The van der Waals surface area contributed by atoms with Crippen molar-refractivity contribution in [3.05, 3.63) is 23.8 Å². The van der Waals surface area contributed by atoms with Gasteiger partial charge in [-0.25, -0.2) is 0 Å². The Balaban J connectivity index is 2.48. The molecule has 20 heavy (non-hydrogen) atoms. The van der Waals surface area contributed by atoms with Gasteiger partial charge in [-0.3, -0.25) is 4.21 Å². The maximum absolute atomic E-state index is 11.2. The highest BCUT2D eigenvalue weighted by atomic mass is 32.2. The number of nitrogens with one attached hydrogen (secondary N) is 1. The summed E-state index contributed by atoms with van der Waals surface area (Å²) in [6.45, 7) is 6.21. The summed E-state index contributed by atoms with van der Waals surface area (Å²) in [4.78, 5) is 0. The average molecular weight is 299 g/mol. The van der Waals surface area contributed by atoms with Gasteiger partial charge in [0.1, 0.15) is 0 Å². The van der Waals surface area contributed by atoms with Crippen molar-refractivity contribution in [2.75, 3.05) is 26.5 Å². The quantitative estimate of drug-likeness (QED) is 0.711. The van der Waals surface area contributed by atoms with Crippen molar-refractivity contribution in [3.63, 3.8) is 0 Å². The van der Waals surface area contributed by atoms with Crippen LogP contribution in [0.15, 0.2) is 18.2 Å². The van der Waals surface area contributed by atoms with Crippen molar-refractivity contribution in [2.45, 2.75) is 32.1 Å². The minimum atomic E-state index is -0.746. The average Bonchev–Trinajstić information content (AvgIpc) is 2.44. The Morgan fingerprint density at radius 2 is 2.10 bits per heavy atom. The third kappa shape index (κ3) is 5.51. The Kier molecular flexibility index (Phi) is 7.62. The lowest BCUT2D eigenvalue weighted by molar-refractivity contribution is 0.310. The number of hydrogen-bond donors (Lipinski definition) is 1. The fraction of sp³-hybridized carbons (Fsp3) is 0.600. The summed E-state index contributed by atoms with van der Waals surface area (Å²) in [5, 5.41) is 3.60. The van der Waals surface area contributed by atoms with Crippen molar-refractivity contribution in [1.29, 1.82) is 0 Å². The summed E-state index contributed by atoms with van der Waals surface area (Å²) in [5.41, 5.74) is 1.15. The second-order valence-corrected chi connectivity index (χ2v) is 6.49. The Morgan fingerprint density at radius 3 is 2.70 bits per heavy atom. The predicted molar refractivity (Wildman–Crippen MR) is 84.0 cm³/mol. The molecule has 0 heterocycles. The highest BCUT2D eigenvalue weighted by Gasteiger charge is 2.07. The van der Waals surface area contributed by atoms with E-state index in [2.05, 4.69) is 5.32 Å². The Hall–Kier alpha value is -1.07. The van der Waals surface area contributed by atoms with Gasteiger partial charge in [0.15, 0.2) is 11.5 Å². The van der Waals surface area contributed by atoms with Crippen molar-refractivity contribution < 1.29 is 13.7 Å². The van der Waals surface area contributed by atoms with Crippen LogP contribution in [0.5, 0.6) is 11.5 Å². The number of hydrogen-bond acceptors (Lipinski definition) is 4. The minimum absolute atomic E-state index is 0.234. The van der Waals surface area contributed by atoms with Crippen molar-refractivity contribution in [2.24, 2.45) is 0 Å². The molecule has 4 nitrogen and oxygen atoms in total. The minimum Gasteiger partial charge on any atom is -0.493 e. The fourth-order valence-corrected chi connectivity index (χ4v) is 2.25. The van der Waals surface area contributed by atoms with Crippen LogP contribution in [-0.4, -0.2) is 36.0 Å². The van der Waals surface area contributed by atoms with Gasteiger partial charge < -0.3 is 14.8 Å². The molecule has 1 aromatic rings. The summed E-state index contributed by atoms with van der Waals surface area (Å²) in [7, 11) is 0.895. The van der Waals surface area contributed by atoms with E-state index in [1.165, 1.54) is 0 Å². The normalized spacial score (nSPS) is 13.8. The zero-order chi connectivity index (χ0) is 15.0. The third-order valence-corrected chi connectivity index (χ3v) is 4.52. The molecule has 0 aliphatic rings. The van der Waals surface area contributed by atoms with E-state index in [0.717, 1.165) is 36.6 Å². The van der Waals surface area contributed by atoms with Gasteiger partial charge in [-0.05, 0) is 37.6 Å². The summed E-state index contributed by atoms with van der Waals surface area (Å²) in [6.07, 6.45) is 2.67. The van der Waals surface area contributed by atoms with Crippen LogP contribution in [0.4, 0.5) is 0 Å². The van der Waals surface area contributed by atoms with Gasteiger partial charge in [0, 0.05) is 28.9 Å². The summed E-state index contributed by atoms with van der Waals surface area (Å²) >= 11 is 0. The van der Waals surface area contributed by atoms with Crippen molar-refractivity contribution >= 4 is 10.8 Å². The molecule has 0 aromatic heterocycles. The molecule has 5 heteroatoms. The second-order valence-electron chi connectivity index (χ2n) is 4.69. The van der Waals surface area contributed by atoms with Crippen LogP contribution in [0.1, 0.15) is 25.8 Å². The summed E-state index contributed by atoms with van der Waals surface area (Å²) in [6, 6.07) is 5.94. The van der Waals surface area contributed by atoms with Gasteiger partial charge in [-0.1, -0.05) is 13.0 Å². The SMILES string of the molecule is CCOc1cc(CNCCC(C)S(C)=O)ccc1OC. The molecule has 0 radical (unpaired) electrons. The molecule has 114 valence electrons. The molecular weight excluding hydrogens is 274 g/mol. The lowest BCUT2D eigenvalue weighted by Crippen LogP contribution is -2.21. The van der Waals surface area contributed by atoms with E-state index in [1.54, 1.807) is 13.4 Å². The lowest BCUT2D eigenvalue weighted by atomic mass is 10.2. The van der Waals surface area contributed by atoms with Crippen molar-refractivity contribution in [1.82, 2.24) is 5.32 Å². The van der Waals surface area contributed by atoms with Crippen LogP contribution in [0, 0.1) is 0 Å². The van der Waals surface area contributed by atoms with E-state index in [0.29, 0.717) is 6.61 Å². The van der Waals surface area contributed by atoms with Crippen LogP contribution >= 0.6 is 0 Å². The molecule has 1 N–H and O–H groups in total. The first kappa shape index (κ1) is 17.0. The molecule has 2 unspecified atom stereocenters. The van der Waals surface area contributed by atoms with Gasteiger partial charge in [-0.15, -0.1) is 0 Å². The molecule has 0 spiro atoms. The highest BCUT2D eigenvalue weighted by molar-refractivity contribution is 7.84. The molecule has 0 amide bonds. The van der Waals surface area contributed by atoms with E-state index in [-0.39, 0.29) is 5.25 Å². The standard InChI is InChI=1S/C15H25NO3S/c1-5-19-15-10-13(6-7-14(15)18-3)11-16-9-8-12(2)20(4)17/h6-7,10,12,16H,5,8-9,11H2,1-4H3. The van der Waals surface area contributed by atoms with E-state index in [9.17, 15) is 4.21 Å². The Morgan fingerprint density at radius 1 is 1.35 bits per heavy atom. The Labute approximate surface area is 124 Å². The molecule has 1 aromatic carbocycles. The number of ether oxygens (including phenoxy) is 2. The van der Waals surface area contributed by atoms with E-state index < -0.39 is 10.8 Å². The monoisotopic (exact) mass is 299 g/mol. The number of rotatable bonds is 9. The van der Waals surface area contributed by atoms with E-state index in [1.807, 2.05) is 32.0 Å². The number of benzene rings is 1. The van der Waals surface area contributed by atoms with Crippen LogP contribution < -0.4 is 14.8 Å². The second kappa shape index (κ2) is 8.97. The van der Waals surface area contributed by atoms with Gasteiger partial charge in [0.25, 0.3) is 0 Å². The largest absolute Gasteiger partial charge is 0.493 e. The Bertz CT molecular complexity index is 437. The summed E-state index contributed by atoms with van der Waals surface area (Å²) in [5.74, 6) is 1.53. The molecule has 1 rings (SSSR count). The van der Waals surface area contributed by atoms with Crippen LogP contribution in [0.3, 0.4) is 0 Å². The maximum Gasteiger partial charge on any atom is 0.161 e. The van der Waals surface area contributed by atoms with Crippen LogP contribution in [0.2, 0.25) is 0 Å². The molecule has 0 aliphatic heterocycles. The van der Waals surface area contributed by atoms with Gasteiger partial charge in [0.2, 0.25) is 0 Å². The first-order valence-electron chi connectivity index (χ1n) is 6.91. The van der Waals surface area contributed by atoms with Gasteiger partial charge in [-0.2, -0.15) is 0 Å². The first-order valence-corrected chi connectivity index (χ1v) is 8.53. The van der Waals surface area contributed by atoms with Crippen molar-refractivity contribution in [3.8, 4) is 11.5 Å². The first-order chi connectivity index (χ1) is 9.58. The van der Waals surface area contributed by atoms with Gasteiger partial charge >= 0.3 is 0 Å². The molecule has 0 saturated heterocycles. The van der Waals surface area contributed by atoms with Crippen LogP contribution in [-0.2, 0) is 17.3 Å². The smallest absolute Gasteiger partial charge is 0.161 e. The lowest BCUT2D eigenvalue weighted by Gasteiger charge is -2.12. The molecule has 0 bridgehead atoms. The number of methoxy groups -OCH3 is 1. The predicted octanol–water partition coefficient (Wildman–Crippen LogP) is 2.34.